The SMILES string of the molecule is NC(C[SH+]C1C=C(O)C(=O)C1)C(=O)O. The molecule has 0 saturated carbocycles. The summed E-state index contributed by atoms with van der Waals surface area (Å²) in [6, 6.07) is -0.900. The third-order valence-corrected chi connectivity index (χ3v) is 3.29. The lowest BCUT2D eigenvalue weighted by atomic mass is 10.3. The summed E-state index contributed by atoms with van der Waals surface area (Å²) >= 11 is 0.766. The maximum Gasteiger partial charge on any atom is 0.325 e. The van der Waals surface area contributed by atoms with Gasteiger partial charge in [0, 0.05) is 6.08 Å². The lowest BCUT2D eigenvalue weighted by molar-refractivity contribution is -0.137. The molecule has 4 N–H and O–H groups in total. The topological polar surface area (TPSA) is 101 Å². The zero-order chi connectivity index (χ0) is 10.7. The summed E-state index contributed by atoms with van der Waals surface area (Å²) < 4.78 is 0. The van der Waals surface area contributed by atoms with Crippen LogP contribution in [-0.4, -0.2) is 39.0 Å². The van der Waals surface area contributed by atoms with E-state index in [9.17, 15) is 9.59 Å². The Morgan fingerprint density at radius 2 is 2.43 bits per heavy atom. The molecule has 2 unspecified atom stereocenters. The molecule has 0 saturated heterocycles. The predicted molar refractivity (Wildman–Crippen MR) is 53.4 cm³/mol. The number of aliphatic hydroxyl groups is 1. The van der Waals surface area contributed by atoms with Gasteiger partial charge in [-0.1, -0.05) is 0 Å². The van der Waals surface area contributed by atoms with Gasteiger partial charge in [-0.3, -0.25) is 9.59 Å². The first-order valence-electron chi connectivity index (χ1n) is 4.09. The predicted octanol–water partition coefficient (Wildman–Crippen LogP) is -1.00. The minimum absolute atomic E-state index is 0.0899. The molecule has 0 fully saturated rings. The summed E-state index contributed by atoms with van der Waals surface area (Å²) in [5.74, 6) is -1.26. The van der Waals surface area contributed by atoms with Crippen molar-refractivity contribution in [3.05, 3.63) is 11.8 Å². The van der Waals surface area contributed by atoms with E-state index in [0.29, 0.717) is 0 Å². The number of hydrogen-bond donors (Lipinski definition) is 3. The van der Waals surface area contributed by atoms with E-state index in [1.165, 1.54) is 6.08 Å². The van der Waals surface area contributed by atoms with Gasteiger partial charge in [-0.05, 0) is 11.8 Å². The molecule has 0 aromatic heterocycles. The lowest BCUT2D eigenvalue weighted by Gasteiger charge is -2.01. The van der Waals surface area contributed by atoms with Gasteiger partial charge in [-0.25, -0.2) is 0 Å². The van der Waals surface area contributed by atoms with Gasteiger partial charge < -0.3 is 15.9 Å². The number of carboxylic acids is 1. The average molecular weight is 218 g/mol. The number of thiol groups is 1. The Morgan fingerprint density at radius 3 is 2.86 bits per heavy atom. The van der Waals surface area contributed by atoms with E-state index in [2.05, 4.69) is 0 Å². The van der Waals surface area contributed by atoms with Crippen molar-refractivity contribution in [2.75, 3.05) is 5.75 Å². The zero-order valence-electron chi connectivity index (χ0n) is 7.38. The monoisotopic (exact) mass is 218 g/mol. The molecule has 0 radical (unpaired) electrons. The largest absolute Gasteiger partial charge is 0.504 e. The molecule has 0 spiro atoms. The van der Waals surface area contributed by atoms with E-state index in [1.807, 2.05) is 0 Å². The number of Topliss-reactive ketones (excluding diaryl/α,β-unsaturated/α-hetero) is 1. The fraction of sp³-hybridized carbons (Fsp3) is 0.500. The number of aliphatic hydroxyl groups excluding tert-OH is 1. The number of aliphatic carboxylic acids is 1. The summed E-state index contributed by atoms with van der Waals surface area (Å²) in [5, 5.41) is 17.4. The number of carbonyl (C=O) groups is 2. The van der Waals surface area contributed by atoms with Crippen molar-refractivity contribution >= 4 is 23.5 Å². The Labute approximate surface area is 85.0 Å². The first kappa shape index (κ1) is 11.1. The Kier molecular flexibility index (Phi) is 3.54. The number of rotatable bonds is 4. The molecule has 1 aliphatic rings. The first-order valence-corrected chi connectivity index (χ1v) is 5.24. The van der Waals surface area contributed by atoms with Crippen LogP contribution >= 0.6 is 0 Å². The fourth-order valence-corrected chi connectivity index (χ4v) is 2.27. The molecule has 0 aromatic rings. The van der Waals surface area contributed by atoms with Crippen molar-refractivity contribution in [1.82, 2.24) is 0 Å². The molecular formula is C8H12NO4S+. The number of allylic oxidation sites excluding steroid dienone is 1. The molecule has 6 heteroatoms. The van der Waals surface area contributed by atoms with Crippen molar-refractivity contribution in [1.29, 1.82) is 0 Å². The van der Waals surface area contributed by atoms with E-state index >= 15 is 0 Å². The van der Waals surface area contributed by atoms with Crippen LogP contribution in [0.15, 0.2) is 11.8 Å². The second-order valence-electron chi connectivity index (χ2n) is 3.06. The van der Waals surface area contributed by atoms with E-state index in [4.69, 9.17) is 15.9 Å². The minimum Gasteiger partial charge on any atom is -0.504 e. The highest BCUT2D eigenvalue weighted by molar-refractivity contribution is 7.79. The summed E-state index contributed by atoms with van der Waals surface area (Å²) in [6.07, 6.45) is 1.71. The molecule has 5 nitrogen and oxygen atoms in total. The van der Waals surface area contributed by atoms with Crippen LogP contribution < -0.4 is 5.73 Å². The second-order valence-corrected chi connectivity index (χ2v) is 4.45. The summed E-state index contributed by atoms with van der Waals surface area (Å²) in [5.41, 5.74) is 5.29. The molecular weight excluding hydrogens is 206 g/mol. The maximum atomic E-state index is 10.9. The van der Waals surface area contributed by atoms with Crippen LogP contribution in [0.25, 0.3) is 0 Å². The number of hydrogen-bond acceptors (Lipinski definition) is 4. The van der Waals surface area contributed by atoms with Crippen molar-refractivity contribution in [2.24, 2.45) is 5.73 Å². The van der Waals surface area contributed by atoms with Crippen molar-refractivity contribution < 1.29 is 19.8 Å². The van der Waals surface area contributed by atoms with Gasteiger partial charge in [-0.2, -0.15) is 0 Å². The van der Waals surface area contributed by atoms with E-state index in [0.717, 1.165) is 11.8 Å². The Morgan fingerprint density at radius 1 is 1.79 bits per heavy atom. The highest BCUT2D eigenvalue weighted by Crippen LogP contribution is 2.15. The maximum absolute atomic E-state index is 10.9. The van der Waals surface area contributed by atoms with Gasteiger partial charge in [0.05, 0.1) is 6.42 Å². The van der Waals surface area contributed by atoms with Crippen LogP contribution in [0.3, 0.4) is 0 Å². The number of carbonyl (C=O) groups excluding carboxylic acids is 1. The molecule has 0 aliphatic heterocycles. The molecule has 2 atom stereocenters. The van der Waals surface area contributed by atoms with E-state index < -0.39 is 12.0 Å². The van der Waals surface area contributed by atoms with Crippen LogP contribution in [-0.2, 0) is 21.4 Å². The van der Waals surface area contributed by atoms with Gasteiger partial charge in [0.2, 0.25) is 5.78 Å². The quantitative estimate of drug-likeness (QED) is 0.415. The van der Waals surface area contributed by atoms with Gasteiger partial charge in [0.1, 0.15) is 17.0 Å². The summed E-state index contributed by atoms with van der Waals surface area (Å²) in [7, 11) is 0. The Bertz CT molecular complexity index is 289. The third kappa shape index (κ3) is 2.74. The van der Waals surface area contributed by atoms with E-state index in [1.54, 1.807) is 0 Å². The second kappa shape index (κ2) is 4.47. The Hall–Kier alpha value is -1.01. The molecule has 0 aromatic carbocycles. The van der Waals surface area contributed by atoms with Crippen LogP contribution in [0.2, 0.25) is 0 Å². The van der Waals surface area contributed by atoms with Gasteiger partial charge >= 0.3 is 5.97 Å². The molecule has 1 aliphatic carbocycles. The summed E-state index contributed by atoms with van der Waals surface area (Å²) in [6.45, 7) is 0. The van der Waals surface area contributed by atoms with Crippen molar-refractivity contribution in [2.45, 2.75) is 17.7 Å². The number of carboxylic acid groups (broad SMARTS) is 1. The highest BCUT2D eigenvalue weighted by Gasteiger charge is 2.30. The van der Waals surface area contributed by atoms with Crippen LogP contribution in [0.1, 0.15) is 6.42 Å². The standard InChI is InChI=1S/C8H11NO4S/c9-5(8(12)13)3-14-4-1-6(10)7(11)2-4/h1,4-5,10H,2-3,9H2,(H,12,13)/p+1. The van der Waals surface area contributed by atoms with Gasteiger partial charge in [0.15, 0.2) is 5.76 Å². The normalized spacial score (nSPS) is 23.4. The molecule has 0 heterocycles. The summed E-state index contributed by atoms with van der Waals surface area (Å²) in [4.78, 5) is 21.3. The molecule has 0 bridgehead atoms. The third-order valence-electron chi connectivity index (χ3n) is 1.88. The average Bonchev–Trinajstić information content (AvgIpc) is 2.42. The minimum atomic E-state index is -1.05. The van der Waals surface area contributed by atoms with Gasteiger partial charge in [0.25, 0.3) is 0 Å². The molecule has 0 amide bonds. The van der Waals surface area contributed by atoms with Crippen LogP contribution in [0.4, 0.5) is 0 Å². The van der Waals surface area contributed by atoms with Crippen molar-refractivity contribution in [3.63, 3.8) is 0 Å². The van der Waals surface area contributed by atoms with Gasteiger partial charge in [-0.15, -0.1) is 0 Å². The van der Waals surface area contributed by atoms with E-state index in [-0.39, 0.29) is 29.0 Å². The number of ketones is 1. The fourth-order valence-electron chi connectivity index (χ4n) is 1.07. The van der Waals surface area contributed by atoms with Crippen molar-refractivity contribution in [3.8, 4) is 0 Å². The van der Waals surface area contributed by atoms with Crippen LogP contribution in [0.5, 0.6) is 0 Å². The lowest BCUT2D eigenvalue weighted by Crippen LogP contribution is -2.35. The Balaban J connectivity index is 2.34. The zero-order valence-corrected chi connectivity index (χ0v) is 8.28. The molecule has 78 valence electrons. The van der Waals surface area contributed by atoms with Crippen LogP contribution in [0, 0.1) is 0 Å². The molecule has 1 rings (SSSR count). The molecule has 14 heavy (non-hydrogen) atoms. The highest BCUT2D eigenvalue weighted by atomic mass is 32.2. The smallest absolute Gasteiger partial charge is 0.325 e. The number of nitrogens with two attached hydrogens (primary N) is 1. The first-order chi connectivity index (χ1) is 6.50.